The summed E-state index contributed by atoms with van der Waals surface area (Å²) >= 11 is 5.98. The van der Waals surface area contributed by atoms with Crippen LogP contribution < -0.4 is 15.2 Å². The minimum atomic E-state index is -3.78. The number of hydrogen-bond donors (Lipinski definition) is 2. The van der Waals surface area contributed by atoms with Gasteiger partial charge in [-0.15, -0.1) is 12.4 Å². The highest BCUT2D eigenvalue weighted by molar-refractivity contribution is 7.89. The summed E-state index contributed by atoms with van der Waals surface area (Å²) in [5.41, 5.74) is 7.30. The Bertz CT molecular complexity index is 830. The van der Waals surface area contributed by atoms with Crippen LogP contribution in [0.2, 0.25) is 5.02 Å². The number of halogens is 2. The fourth-order valence-corrected chi connectivity index (χ4v) is 3.79. The zero-order valence-electron chi connectivity index (χ0n) is 15.1. The minimum absolute atomic E-state index is 0. The molecule has 0 aliphatic carbocycles. The molecule has 3 N–H and O–H groups in total. The van der Waals surface area contributed by atoms with Gasteiger partial charge in [0.2, 0.25) is 10.0 Å². The SMILES string of the molecule is COCC(C)Oc1ccc(Cl)cc1S(=O)(=O)NCCc1ccc(N)cc1.Cl. The van der Waals surface area contributed by atoms with E-state index in [9.17, 15) is 8.42 Å². The van der Waals surface area contributed by atoms with Gasteiger partial charge in [0.25, 0.3) is 0 Å². The van der Waals surface area contributed by atoms with E-state index in [1.807, 2.05) is 12.1 Å². The van der Waals surface area contributed by atoms with Crippen molar-refractivity contribution in [3.63, 3.8) is 0 Å². The van der Waals surface area contributed by atoms with Crippen molar-refractivity contribution in [1.82, 2.24) is 4.72 Å². The quantitative estimate of drug-likeness (QED) is 0.590. The molecule has 2 aromatic rings. The Morgan fingerprint density at radius 1 is 1.19 bits per heavy atom. The average Bonchev–Trinajstić information content (AvgIpc) is 2.58. The van der Waals surface area contributed by atoms with E-state index >= 15 is 0 Å². The second-order valence-corrected chi connectivity index (χ2v) is 8.04. The first kappa shape index (κ1) is 23.5. The summed E-state index contributed by atoms with van der Waals surface area (Å²) in [6.07, 6.45) is 0.237. The van der Waals surface area contributed by atoms with Crippen molar-refractivity contribution in [2.45, 2.75) is 24.3 Å². The van der Waals surface area contributed by atoms with Gasteiger partial charge in [-0.2, -0.15) is 0 Å². The molecular formula is C18H24Cl2N2O4S. The van der Waals surface area contributed by atoms with Gasteiger partial charge in [0, 0.05) is 24.4 Å². The van der Waals surface area contributed by atoms with Crippen LogP contribution in [-0.4, -0.2) is 34.8 Å². The highest BCUT2D eigenvalue weighted by Gasteiger charge is 2.21. The average molecular weight is 435 g/mol. The number of sulfonamides is 1. The van der Waals surface area contributed by atoms with Gasteiger partial charge in [0.05, 0.1) is 6.61 Å². The lowest BCUT2D eigenvalue weighted by Gasteiger charge is -2.17. The number of nitrogens with one attached hydrogen (secondary N) is 1. The summed E-state index contributed by atoms with van der Waals surface area (Å²) in [6, 6.07) is 11.8. The van der Waals surface area contributed by atoms with E-state index in [2.05, 4.69) is 4.72 Å². The summed E-state index contributed by atoms with van der Waals surface area (Å²) in [6.45, 7) is 2.38. The Labute approximate surface area is 171 Å². The summed E-state index contributed by atoms with van der Waals surface area (Å²) in [7, 11) is -2.22. The van der Waals surface area contributed by atoms with Crippen LogP contribution in [0, 0.1) is 0 Å². The van der Waals surface area contributed by atoms with Gasteiger partial charge < -0.3 is 15.2 Å². The van der Waals surface area contributed by atoms with Gasteiger partial charge in [0.1, 0.15) is 16.7 Å². The molecule has 27 heavy (non-hydrogen) atoms. The lowest BCUT2D eigenvalue weighted by Crippen LogP contribution is -2.27. The molecule has 0 aliphatic heterocycles. The van der Waals surface area contributed by atoms with E-state index < -0.39 is 10.0 Å². The monoisotopic (exact) mass is 434 g/mol. The predicted molar refractivity (Wildman–Crippen MR) is 110 cm³/mol. The van der Waals surface area contributed by atoms with E-state index in [0.717, 1.165) is 5.56 Å². The first-order chi connectivity index (χ1) is 12.3. The van der Waals surface area contributed by atoms with Crippen molar-refractivity contribution in [3.05, 3.63) is 53.1 Å². The Morgan fingerprint density at radius 3 is 2.48 bits per heavy atom. The van der Waals surface area contributed by atoms with Crippen LogP contribution in [0.25, 0.3) is 0 Å². The summed E-state index contributed by atoms with van der Waals surface area (Å²) < 4.78 is 38.7. The molecule has 1 atom stereocenters. The maximum absolute atomic E-state index is 12.7. The minimum Gasteiger partial charge on any atom is -0.487 e. The van der Waals surface area contributed by atoms with Crippen molar-refractivity contribution in [2.24, 2.45) is 0 Å². The molecule has 0 amide bonds. The molecule has 0 saturated heterocycles. The lowest BCUT2D eigenvalue weighted by molar-refractivity contribution is 0.0901. The highest BCUT2D eigenvalue weighted by Crippen LogP contribution is 2.28. The van der Waals surface area contributed by atoms with Crippen molar-refractivity contribution < 1.29 is 17.9 Å². The Morgan fingerprint density at radius 2 is 1.85 bits per heavy atom. The normalized spacial score (nSPS) is 12.3. The summed E-state index contributed by atoms with van der Waals surface area (Å²) in [4.78, 5) is 0.00487. The molecular weight excluding hydrogens is 411 g/mol. The Hall–Kier alpha value is -1.51. The number of rotatable bonds is 9. The molecule has 6 nitrogen and oxygen atoms in total. The van der Waals surface area contributed by atoms with Gasteiger partial charge in [-0.05, 0) is 49.2 Å². The van der Waals surface area contributed by atoms with Crippen molar-refractivity contribution >= 4 is 39.7 Å². The van der Waals surface area contributed by atoms with Crippen LogP contribution in [0.3, 0.4) is 0 Å². The molecule has 2 rings (SSSR count). The van der Waals surface area contributed by atoms with Gasteiger partial charge in [-0.1, -0.05) is 23.7 Å². The van der Waals surface area contributed by atoms with E-state index in [1.165, 1.54) is 6.07 Å². The molecule has 0 aromatic heterocycles. The fraction of sp³-hybridized carbons (Fsp3) is 0.333. The second kappa shape index (κ2) is 10.7. The van der Waals surface area contributed by atoms with Crippen LogP contribution in [0.1, 0.15) is 12.5 Å². The number of nitrogens with two attached hydrogens (primary N) is 1. The standard InChI is InChI=1S/C18H23ClN2O4S.ClH/c1-13(12-24-2)25-17-8-5-15(19)11-18(17)26(22,23)21-10-9-14-3-6-16(20)7-4-14;/h3-8,11,13,21H,9-10,12,20H2,1-2H3;1H. The molecule has 9 heteroatoms. The molecule has 0 spiro atoms. The van der Waals surface area contributed by atoms with E-state index in [0.29, 0.717) is 23.7 Å². The van der Waals surface area contributed by atoms with Crippen LogP contribution in [0.15, 0.2) is 47.4 Å². The topological polar surface area (TPSA) is 90.6 Å². The second-order valence-electron chi connectivity index (χ2n) is 5.86. The van der Waals surface area contributed by atoms with Crippen molar-refractivity contribution in [1.29, 1.82) is 0 Å². The number of anilines is 1. The van der Waals surface area contributed by atoms with Gasteiger partial charge in [0.15, 0.2) is 0 Å². The largest absolute Gasteiger partial charge is 0.487 e. The van der Waals surface area contributed by atoms with E-state index in [-0.39, 0.29) is 35.7 Å². The van der Waals surface area contributed by atoms with Crippen molar-refractivity contribution in [3.8, 4) is 5.75 Å². The van der Waals surface area contributed by atoms with Gasteiger partial charge >= 0.3 is 0 Å². The number of ether oxygens (including phenoxy) is 2. The lowest BCUT2D eigenvalue weighted by atomic mass is 10.1. The number of hydrogen-bond acceptors (Lipinski definition) is 5. The number of nitrogen functional groups attached to an aromatic ring is 1. The molecule has 150 valence electrons. The third-order valence-corrected chi connectivity index (χ3v) is 5.33. The number of benzene rings is 2. The van der Waals surface area contributed by atoms with E-state index in [4.69, 9.17) is 26.8 Å². The molecule has 0 bridgehead atoms. The maximum atomic E-state index is 12.7. The molecule has 0 heterocycles. The molecule has 2 aromatic carbocycles. The van der Waals surface area contributed by atoms with Crippen LogP contribution in [0.4, 0.5) is 5.69 Å². The summed E-state index contributed by atoms with van der Waals surface area (Å²) in [5.74, 6) is 0.235. The maximum Gasteiger partial charge on any atom is 0.244 e. The molecule has 1 unspecified atom stereocenters. The Kier molecular flexibility index (Phi) is 9.35. The summed E-state index contributed by atoms with van der Waals surface area (Å²) in [5, 5.41) is 0.315. The van der Waals surface area contributed by atoms with Crippen LogP contribution in [0.5, 0.6) is 5.75 Å². The van der Waals surface area contributed by atoms with Gasteiger partial charge in [-0.3, -0.25) is 0 Å². The van der Waals surface area contributed by atoms with Crippen LogP contribution in [-0.2, 0) is 21.2 Å². The zero-order chi connectivity index (χ0) is 19.2. The highest BCUT2D eigenvalue weighted by atomic mass is 35.5. The molecule has 0 aliphatic rings. The Balaban J connectivity index is 0.00000364. The number of methoxy groups -OCH3 is 1. The fourth-order valence-electron chi connectivity index (χ4n) is 2.37. The third-order valence-electron chi connectivity index (χ3n) is 3.61. The zero-order valence-corrected chi connectivity index (χ0v) is 17.5. The van der Waals surface area contributed by atoms with Crippen molar-refractivity contribution in [2.75, 3.05) is 26.0 Å². The first-order valence-electron chi connectivity index (χ1n) is 8.11. The first-order valence-corrected chi connectivity index (χ1v) is 9.97. The van der Waals surface area contributed by atoms with Gasteiger partial charge in [-0.25, -0.2) is 13.1 Å². The van der Waals surface area contributed by atoms with E-state index in [1.54, 1.807) is 38.3 Å². The molecule has 0 radical (unpaired) electrons. The molecule has 0 saturated carbocycles. The molecule has 0 fully saturated rings. The third kappa shape index (κ3) is 7.20. The smallest absolute Gasteiger partial charge is 0.244 e. The predicted octanol–water partition coefficient (Wildman–Crippen LogP) is 3.28. The van der Waals surface area contributed by atoms with Crippen LogP contribution >= 0.6 is 24.0 Å².